The zero-order valence-electron chi connectivity index (χ0n) is 19.2. The van der Waals surface area contributed by atoms with Crippen LogP contribution in [0.25, 0.3) is 11.1 Å². The first kappa shape index (κ1) is 23.8. The smallest absolute Gasteiger partial charge is 0.407 e. The van der Waals surface area contributed by atoms with E-state index in [0.717, 1.165) is 22.3 Å². The van der Waals surface area contributed by atoms with Crippen molar-refractivity contribution in [2.75, 3.05) is 18.5 Å². The van der Waals surface area contributed by atoms with E-state index in [9.17, 15) is 14.4 Å². The quantitative estimate of drug-likeness (QED) is 0.423. The molecule has 1 atom stereocenters. The monoisotopic (exact) mass is 474 g/mol. The Hall–Kier alpha value is -4.33. The van der Waals surface area contributed by atoms with Crippen molar-refractivity contribution in [3.63, 3.8) is 0 Å². The molecule has 0 aliphatic heterocycles. The van der Waals surface area contributed by atoms with E-state index in [4.69, 9.17) is 14.6 Å². The van der Waals surface area contributed by atoms with Gasteiger partial charge in [-0.2, -0.15) is 0 Å². The normalized spacial score (nSPS) is 12.7. The maximum atomic E-state index is 12.7. The Morgan fingerprint density at radius 3 is 2.23 bits per heavy atom. The molecule has 4 rings (SSSR count). The Balaban J connectivity index is 1.35. The molecule has 0 saturated heterocycles. The van der Waals surface area contributed by atoms with Gasteiger partial charge >= 0.3 is 12.1 Å². The van der Waals surface area contributed by atoms with Gasteiger partial charge in [-0.1, -0.05) is 61.5 Å². The van der Waals surface area contributed by atoms with E-state index in [2.05, 4.69) is 22.8 Å². The van der Waals surface area contributed by atoms with Crippen molar-refractivity contribution in [2.45, 2.75) is 25.3 Å². The summed E-state index contributed by atoms with van der Waals surface area (Å²) < 4.78 is 10.7. The Bertz CT molecular complexity index is 1200. The molecule has 0 radical (unpaired) electrons. The number of nitrogens with one attached hydrogen (secondary N) is 2. The Morgan fingerprint density at radius 2 is 1.60 bits per heavy atom. The van der Waals surface area contributed by atoms with E-state index in [1.54, 1.807) is 25.1 Å². The fourth-order valence-corrected chi connectivity index (χ4v) is 4.17. The molecule has 180 valence electrons. The molecule has 0 heterocycles. The predicted molar refractivity (Wildman–Crippen MR) is 130 cm³/mol. The molecule has 8 nitrogen and oxygen atoms in total. The highest BCUT2D eigenvalue weighted by atomic mass is 16.5. The van der Waals surface area contributed by atoms with Crippen LogP contribution in [0.5, 0.6) is 5.75 Å². The number of aliphatic carboxylic acids is 1. The number of benzene rings is 3. The lowest BCUT2D eigenvalue weighted by molar-refractivity contribution is -0.139. The number of rotatable bonds is 9. The topological polar surface area (TPSA) is 114 Å². The lowest BCUT2D eigenvalue weighted by atomic mass is 9.98. The minimum Gasteiger partial charge on any atom is -0.482 e. The van der Waals surface area contributed by atoms with E-state index in [-0.39, 0.29) is 12.5 Å². The molecule has 0 saturated carbocycles. The summed E-state index contributed by atoms with van der Waals surface area (Å²) in [6.07, 6.45) is -0.321. The second-order valence-corrected chi connectivity index (χ2v) is 8.13. The lowest BCUT2D eigenvalue weighted by Gasteiger charge is -2.19. The van der Waals surface area contributed by atoms with Crippen molar-refractivity contribution in [1.82, 2.24) is 5.32 Å². The number of carbonyl (C=O) groups excluding carboxylic acids is 2. The summed E-state index contributed by atoms with van der Waals surface area (Å²) >= 11 is 0. The number of ether oxygens (including phenoxy) is 2. The van der Waals surface area contributed by atoms with Gasteiger partial charge in [-0.25, -0.2) is 9.59 Å². The van der Waals surface area contributed by atoms with Gasteiger partial charge < -0.3 is 25.2 Å². The fraction of sp³-hybridized carbons (Fsp3) is 0.222. The van der Waals surface area contributed by atoms with Gasteiger partial charge in [-0.05, 0) is 40.8 Å². The lowest BCUT2D eigenvalue weighted by Crippen LogP contribution is -2.43. The average molecular weight is 475 g/mol. The second kappa shape index (κ2) is 10.7. The van der Waals surface area contributed by atoms with Gasteiger partial charge in [-0.3, -0.25) is 4.79 Å². The summed E-state index contributed by atoms with van der Waals surface area (Å²) in [6.45, 7) is 1.44. The summed E-state index contributed by atoms with van der Waals surface area (Å²) in [5, 5.41) is 14.1. The summed E-state index contributed by atoms with van der Waals surface area (Å²) in [7, 11) is 0. The molecule has 1 unspecified atom stereocenters. The number of hydrogen-bond donors (Lipinski definition) is 3. The van der Waals surface area contributed by atoms with Crippen LogP contribution in [0, 0.1) is 0 Å². The molecule has 3 aromatic carbocycles. The molecule has 2 amide bonds. The number of alkyl carbamates (subject to hydrolysis) is 1. The van der Waals surface area contributed by atoms with Gasteiger partial charge in [0, 0.05) is 17.7 Å². The third-order valence-electron chi connectivity index (χ3n) is 5.82. The maximum Gasteiger partial charge on any atom is 0.407 e. The van der Waals surface area contributed by atoms with Crippen LogP contribution in [0.15, 0.2) is 72.8 Å². The number of amides is 2. The molecule has 1 aliphatic carbocycles. The predicted octanol–water partition coefficient (Wildman–Crippen LogP) is 4.41. The average Bonchev–Trinajstić information content (AvgIpc) is 3.18. The molecule has 8 heteroatoms. The van der Waals surface area contributed by atoms with Crippen LogP contribution in [0.4, 0.5) is 10.5 Å². The highest BCUT2D eigenvalue weighted by molar-refractivity contribution is 5.96. The molecule has 0 spiro atoms. The van der Waals surface area contributed by atoms with Gasteiger partial charge in [0.2, 0.25) is 5.91 Å². The number of carboxylic acid groups (broad SMARTS) is 1. The van der Waals surface area contributed by atoms with Crippen LogP contribution in [-0.4, -0.2) is 42.3 Å². The number of hydrogen-bond acceptors (Lipinski definition) is 5. The summed E-state index contributed by atoms with van der Waals surface area (Å²) in [5.41, 5.74) is 4.91. The van der Waals surface area contributed by atoms with Crippen molar-refractivity contribution in [2.24, 2.45) is 0 Å². The molecule has 0 bridgehead atoms. The van der Waals surface area contributed by atoms with Gasteiger partial charge in [0.1, 0.15) is 18.4 Å². The Labute approximate surface area is 202 Å². The molecule has 0 aromatic heterocycles. The summed E-state index contributed by atoms with van der Waals surface area (Å²) in [4.78, 5) is 36.0. The first-order chi connectivity index (χ1) is 17.0. The van der Waals surface area contributed by atoms with Crippen molar-refractivity contribution in [3.8, 4) is 16.9 Å². The zero-order valence-corrected chi connectivity index (χ0v) is 19.2. The zero-order chi connectivity index (χ0) is 24.8. The van der Waals surface area contributed by atoms with Crippen molar-refractivity contribution < 1.29 is 29.0 Å². The number of anilines is 1. The molecule has 0 fully saturated rings. The van der Waals surface area contributed by atoms with Gasteiger partial charge in [0.25, 0.3) is 0 Å². The first-order valence-corrected chi connectivity index (χ1v) is 11.3. The van der Waals surface area contributed by atoms with E-state index in [1.165, 1.54) is 6.07 Å². The van der Waals surface area contributed by atoms with Gasteiger partial charge in [0.05, 0.1) is 0 Å². The van der Waals surface area contributed by atoms with E-state index >= 15 is 0 Å². The van der Waals surface area contributed by atoms with Gasteiger partial charge in [0.15, 0.2) is 6.61 Å². The molecule has 1 aliphatic rings. The molecular formula is C27H26N2O6. The summed E-state index contributed by atoms with van der Waals surface area (Å²) in [6, 6.07) is 21.7. The van der Waals surface area contributed by atoms with Crippen LogP contribution in [-0.2, 0) is 14.3 Å². The van der Waals surface area contributed by atoms with Crippen molar-refractivity contribution in [3.05, 3.63) is 83.9 Å². The van der Waals surface area contributed by atoms with Crippen molar-refractivity contribution in [1.29, 1.82) is 0 Å². The molecular weight excluding hydrogens is 448 g/mol. The maximum absolute atomic E-state index is 12.7. The Morgan fingerprint density at radius 1 is 0.943 bits per heavy atom. The van der Waals surface area contributed by atoms with E-state index < -0.39 is 30.6 Å². The largest absolute Gasteiger partial charge is 0.482 e. The van der Waals surface area contributed by atoms with E-state index in [0.29, 0.717) is 17.9 Å². The fourth-order valence-electron chi connectivity index (χ4n) is 4.17. The Kier molecular flexibility index (Phi) is 7.30. The minimum absolute atomic E-state index is 0.0735. The van der Waals surface area contributed by atoms with Crippen LogP contribution in [0.3, 0.4) is 0 Å². The number of fused-ring (bicyclic) bond motifs is 3. The van der Waals surface area contributed by atoms with Crippen LogP contribution in [0.1, 0.15) is 30.4 Å². The van der Waals surface area contributed by atoms with E-state index in [1.807, 2.05) is 36.4 Å². The first-order valence-electron chi connectivity index (χ1n) is 11.3. The third-order valence-corrected chi connectivity index (χ3v) is 5.82. The standard InChI is InChI=1S/C27H26N2O6/c1-2-24(26(32)28-17-8-7-9-18(14-17)34-16-25(30)31)29-27(33)35-15-23-21-12-5-3-10-19(21)20-11-4-6-13-22(20)23/h3-14,23-24H,2,15-16H2,1H3,(H,28,32)(H,29,33)(H,30,31). The number of carbonyl (C=O) groups is 3. The summed E-state index contributed by atoms with van der Waals surface area (Å²) in [5.74, 6) is -1.28. The number of carboxylic acids is 1. The van der Waals surface area contributed by atoms with Crippen molar-refractivity contribution >= 4 is 23.7 Å². The second-order valence-electron chi connectivity index (χ2n) is 8.13. The van der Waals surface area contributed by atoms with Crippen LogP contribution < -0.4 is 15.4 Å². The highest BCUT2D eigenvalue weighted by Crippen LogP contribution is 2.44. The third kappa shape index (κ3) is 5.60. The SMILES string of the molecule is CCC(NC(=O)OCC1c2ccccc2-c2ccccc21)C(=O)Nc1cccc(OCC(=O)O)c1. The van der Waals surface area contributed by atoms with Crippen LogP contribution >= 0.6 is 0 Å². The molecule has 35 heavy (non-hydrogen) atoms. The van der Waals surface area contributed by atoms with Crippen LogP contribution in [0.2, 0.25) is 0 Å². The molecule has 3 aromatic rings. The minimum atomic E-state index is -1.10. The van der Waals surface area contributed by atoms with Gasteiger partial charge in [-0.15, -0.1) is 0 Å². The highest BCUT2D eigenvalue weighted by Gasteiger charge is 2.29. The molecule has 3 N–H and O–H groups in total.